The molecule has 0 saturated carbocycles. The summed E-state index contributed by atoms with van der Waals surface area (Å²) in [5.41, 5.74) is 3.08. The van der Waals surface area contributed by atoms with Gasteiger partial charge in [0.1, 0.15) is 5.82 Å². The van der Waals surface area contributed by atoms with Crippen LogP contribution in [0.1, 0.15) is 24.6 Å². The molecule has 0 radical (unpaired) electrons. The van der Waals surface area contributed by atoms with Gasteiger partial charge in [-0.25, -0.2) is 4.39 Å². The van der Waals surface area contributed by atoms with Crippen LogP contribution in [0.15, 0.2) is 30.5 Å². The van der Waals surface area contributed by atoms with E-state index >= 15 is 0 Å². The molecule has 0 spiro atoms. The third-order valence-corrected chi connectivity index (χ3v) is 2.80. The molecule has 0 unspecified atom stereocenters. The van der Waals surface area contributed by atoms with Crippen molar-refractivity contribution in [3.63, 3.8) is 0 Å². The number of nitrogens with one attached hydrogen (secondary N) is 1. The lowest BCUT2D eigenvalue weighted by Gasteiger charge is -2.04. The lowest BCUT2D eigenvalue weighted by Crippen LogP contribution is -1.99. The Morgan fingerprint density at radius 2 is 2.00 bits per heavy atom. The van der Waals surface area contributed by atoms with Crippen molar-refractivity contribution in [2.45, 2.75) is 33.4 Å². The first kappa shape index (κ1) is 12.6. The van der Waals surface area contributed by atoms with Gasteiger partial charge in [-0.05, 0) is 31.0 Å². The van der Waals surface area contributed by atoms with Gasteiger partial charge in [0.15, 0.2) is 0 Å². The Hall–Kier alpha value is -1.84. The lowest BCUT2D eigenvalue weighted by molar-refractivity contribution is 0.598. The molecule has 2 aromatic rings. The fourth-order valence-electron chi connectivity index (χ4n) is 1.83. The van der Waals surface area contributed by atoms with Crippen LogP contribution in [-0.2, 0) is 13.1 Å². The van der Waals surface area contributed by atoms with E-state index in [1.54, 1.807) is 12.1 Å². The third-order valence-electron chi connectivity index (χ3n) is 2.80. The first-order valence-corrected chi connectivity index (χ1v) is 6.21. The Bertz CT molecular complexity index is 502. The van der Waals surface area contributed by atoms with Crippen LogP contribution in [0.2, 0.25) is 0 Å². The first-order chi connectivity index (χ1) is 8.69. The number of anilines is 1. The van der Waals surface area contributed by atoms with Crippen molar-refractivity contribution in [3.8, 4) is 0 Å². The minimum Gasteiger partial charge on any atom is -0.378 e. The van der Waals surface area contributed by atoms with Crippen molar-refractivity contribution in [2.24, 2.45) is 0 Å². The second kappa shape index (κ2) is 5.67. The van der Waals surface area contributed by atoms with Gasteiger partial charge in [-0.15, -0.1) is 0 Å². The maximum absolute atomic E-state index is 12.8. The maximum Gasteiger partial charge on any atom is 0.123 e. The van der Waals surface area contributed by atoms with E-state index in [4.69, 9.17) is 0 Å². The standard InChI is InChI=1S/C14H18FN3/c1-3-8-18-10-14(11(2)17-18)16-9-12-4-6-13(15)7-5-12/h4-7,10,16H,3,8-9H2,1-2H3. The van der Waals surface area contributed by atoms with Gasteiger partial charge < -0.3 is 5.32 Å². The van der Waals surface area contributed by atoms with E-state index in [9.17, 15) is 4.39 Å². The predicted octanol–water partition coefficient (Wildman–Crippen LogP) is 3.35. The molecule has 18 heavy (non-hydrogen) atoms. The van der Waals surface area contributed by atoms with E-state index < -0.39 is 0 Å². The molecule has 0 aliphatic carbocycles. The number of nitrogens with zero attached hydrogens (tertiary/aromatic N) is 2. The number of aryl methyl sites for hydroxylation is 2. The summed E-state index contributed by atoms with van der Waals surface area (Å²) in [6.07, 6.45) is 3.08. The predicted molar refractivity (Wildman–Crippen MR) is 71.0 cm³/mol. The molecule has 96 valence electrons. The number of hydrogen-bond acceptors (Lipinski definition) is 2. The zero-order valence-electron chi connectivity index (χ0n) is 10.8. The summed E-state index contributed by atoms with van der Waals surface area (Å²) < 4.78 is 14.7. The molecule has 0 amide bonds. The van der Waals surface area contributed by atoms with Crippen LogP contribution in [0.5, 0.6) is 0 Å². The van der Waals surface area contributed by atoms with E-state index in [2.05, 4.69) is 17.3 Å². The molecule has 3 nitrogen and oxygen atoms in total. The Morgan fingerprint density at radius 1 is 1.28 bits per heavy atom. The topological polar surface area (TPSA) is 29.9 Å². The molecule has 1 N–H and O–H groups in total. The number of rotatable bonds is 5. The minimum absolute atomic E-state index is 0.203. The Labute approximate surface area is 107 Å². The minimum atomic E-state index is -0.203. The fraction of sp³-hybridized carbons (Fsp3) is 0.357. The Morgan fingerprint density at radius 3 is 2.67 bits per heavy atom. The average Bonchev–Trinajstić information content (AvgIpc) is 2.70. The zero-order chi connectivity index (χ0) is 13.0. The maximum atomic E-state index is 12.8. The highest BCUT2D eigenvalue weighted by atomic mass is 19.1. The molecule has 2 rings (SSSR count). The summed E-state index contributed by atoms with van der Waals surface area (Å²) >= 11 is 0. The summed E-state index contributed by atoms with van der Waals surface area (Å²) in [4.78, 5) is 0. The van der Waals surface area contributed by atoms with Crippen molar-refractivity contribution in [3.05, 3.63) is 47.5 Å². The van der Waals surface area contributed by atoms with Gasteiger partial charge in [-0.3, -0.25) is 4.68 Å². The quantitative estimate of drug-likeness (QED) is 0.878. The van der Waals surface area contributed by atoms with Gasteiger partial charge in [-0.1, -0.05) is 19.1 Å². The molecular weight excluding hydrogens is 229 g/mol. The fourth-order valence-corrected chi connectivity index (χ4v) is 1.83. The van der Waals surface area contributed by atoms with Crippen molar-refractivity contribution in [1.29, 1.82) is 0 Å². The summed E-state index contributed by atoms with van der Waals surface area (Å²) in [6.45, 7) is 5.72. The third kappa shape index (κ3) is 3.09. The molecule has 0 fully saturated rings. The second-order valence-electron chi connectivity index (χ2n) is 4.37. The van der Waals surface area contributed by atoms with Crippen LogP contribution >= 0.6 is 0 Å². The summed E-state index contributed by atoms with van der Waals surface area (Å²) in [6, 6.07) is 6.52. The molecule has 0 saturated heterocycles. The normalized spacial score (nSPS) is 10.6. The molecule has 1 heterocycles. The molecule has 0 aliphatic heterocycles. The molecule has 0 bridgehead atoms. The summed E-state index contributed by atoms with van der Waals surface area (Å²) in [5, 5.41) is 7.74. The van der Waals surface area contributed by atoms with Crippen molar-refractivity contribution in [1.82, 2.24) is 9.78 Å². The largest absolute Gasteiger partial charge is 0.378 e. The van der Waals surface area contributed by atoms with Gasteiger partial charge in [0.05, 0.1) is 11.4 Å². The lowest BCUT2D eigenvalue weighted by atomic mass is 10.2. The highest BCUT2D eigenvalue weighted by Gasteiger charge is 2.03. The van der Waals surface area contributed by atoms with Crippen molar-refractivity contribution < 1.29 is 4.39 Å². The Balaban J connectivity index is 1.99. The molecule has 1 aromatic heterocycles. The zero-order valence-corrected chi connectivity index (χ0v) is 10.8. The van der Waals surface area contributed by atoms with Gasteiger partial charge >= 0.3 is 0 Å². The monoisotopic (exact) mass is 247 g/mol. The van der Waals surface area contributed by atoms with E-state index in [1.165, 1.54) is 12.1 Å². The van der Waals surface area contributed by atoms with E-state index in [1.807, 2.05) is 17.8 Å². The Kier molecular flexibility index (Phi) is 3.97. The van der Waals surface area contributed by atoms with Crippen molar-refractivity contribution in [2.75, 3.05) is 5.32 Å². The molecule has 1 aromatic carbocycles. The van der Waals surface area contributed by atoms with Crippen LogP contribution in [0.3, 0.4) is 0 Å². The molecule has 0 atom stereocenters. The first-order valence-electron chi connectivity index (χ1n) is 6.21. The average molecular weight is 247 g/mol. The van der Waals surface area contributed by atoms with E-state index in [0.29, 0.717) is 6.54 Å². The molecule has 4 heteroatoms. The molecular formula is C14H18FN3. The number of benzene rings is 1. The van der Waals surface area contributed by atoms with Gasteiger partial charge in [0.2, 0.25) is 0 Å². The summed E-state index contributed by atoms with van der Waals surface area (Å²) in [5.74, 6) is -0.203. The smallest absolute Gasteiger partial charge is 0.123 e. The highest BCUT2D eigenvalue weighted by Crippen LogP contribution is 2.14. The van der Waals surface area contributed by atoms with Crippen LogP contribution in [0, 0.1) is 12.7 Å². The van der Waals surface area contributed by atoms with Crippen LogP contribution < -0.4 is 5.32 Å². The van der Waals surface area contributed by atoms with E-state index in [0.717, 1.165) is 29.9 Å². The van der Waals surface area contributed by atoms with Crippen LogP contribution in [0.4, 0.5) is 10.1 Å². The SMILES string of the molecule is CCCn1cc(NCc2ccc(F)cc2)c(C)n1. The van der Waals surface area contributed by atoms with Crippen LogP contribution in [-0.4, -0.2) is 9.78 Å². The van der Waals surface area contributed by atoms with Gasteiger partial charge in [0.25, 0.3) is 0 Å². The number of halogens is 1. The molecule has 0 aliphatic rings. The van der Waals surface area contributed by atoms with E-state index in [-0.39, 0.29) is 5.82 Å². The van der Waals surface area contributed by atoms with Gasteiger partial charge in [-0.2, -0.15) is 5.10 Å². The van der Waals surface area contributed by atoms with Crippen LogP contribution in [0.25, 0.3) is 0 Å². The second-order valence-corrected chi connectivity index (χ2v) is 4.37. The number of hydrogen-bond donors (Lipinski definition) is 1. The van der Waals surface area contributed by atoms with Gasteiger partial charge in [0, 0.05) is 19.3 Å². The summed E-state index contributed by atoms with van der Waals surface area (Å²) in [7, 11) is 0. The van der Waals surface area contributed by atoms with Crippen molar-refractivity contribution >= 4 is 5.69 Å². The highest BCUT2D eigenvalue weighted by molar-refractivity contribution is 5.46. The number of aromatic nitrogens is 2.